The lowest BCUT2D eigenvalue weighted by atomic mass is 10.3. The highest BCUT2D eigenvalue weighted by atomic mass is 35.5. The number of rotatable bonds is 4. The van der Waals surface area contributed by atoms with Gasteiger partial charge in [0.1, 0.15) is 0 Å². The van der Waals surface area contributed by atoms with E-state index in [-0.39, 0.29) is 23.0 Å². The monoisotopic (exact) mass is 268 g/mol. The van der Waals surface area contributed by atoms with E-state index >= 15 is 0 Å². The Morgan fingerprint density at radius 1 is 1.27 bits per heavy atom. The van der Waals surface area contributed by atoms with E-state index in [1.165, 1.54) is 18.2 Å². The van der Waals surface area contributed by atoms with Crippen LogP contribution in [0.4, 0.5) is 5.69 Å². The van der Waals surface area contributed by atoms with Crippen molar-refractivity contribution in [1.29, 1.82) is 0 Å². The molecule has 0 radical (unpaired) electrons. The molecule has 0 saturated heterocycles. The molecule has 0 heterocycles. The molecular weight excluding hydrogens is 259 g/mol. The minimum atomic E-state index is -3.45. The third-order valence-electron chi connectivity index (χ3n) is 1.55. The first-order valence-electron chi connectivity index (χ1n) is 4.14. The Bertz CT molecular complexity index is 448. The predicted octanol–water partition coefficient (Wildman–Crippen LogP) is 1.57. The maximum Gasteiger partial charge on any atom is 0.0993 e. The Morgan fingerprint density at radius 3 is 2.47 bits per heavy atom. The zero-order valence-electron chi connectivity index (χ0n) is 7.78. The summed E-state index contributed by atoms with van der Waals surface area (Å²) in [5.41, 5.74) is 3.73. The van der Waals surface area contributed by atoms with E-state index in [4.69, 9.17) is 23.2 Å². The van der Waals surface area contributed by atoms with Crippen molar-refractivity contribution in [1.82, 2.24) is 0 Å². The van der Waals surface area contributed by atoms with E-state index in [0.29, 0.717) is 5.02 Å². The van der Waals surface area contributed by atoms with Crippen molar-refractivity contribution in [2.75, 3.05) is 12.3 Å². The first kappa shape index (κ1) is 12.6. The number of hydrogen-bond acceptors (Lipinski definition) is 2. The molecule has 0 bridgehead atoms. The van der Waals surface area contributed by atoms with Crippen LogP contribution in [0.1, 0.15) is 0 Å². The molecule has 1 rings (SSSR count). The number of halogens is 2. The Morgan fingerprint density at radius 2 is 1.93 bits per heavy atom. The Labute approximate surface area is 98.4 Å². The van der Waals surface area contributed by atoms with E-state index < -0.39 is 10.0 Å². The molecule has 0 spiro atoms. The van der Waals surface area contributed by atoms with Crippen molar-refractivity contribution >= 4 is 38.9 Å². The molecule has 84 valence electrons. The largest absolute Gasteiger partial charge is 0.577 e. The molecule has 15 heavy (non-hydrogen) atoms. The molecule has 0 aromatic heterocycles. The van der Waals surface area contributed by atoms with Crippen molar-refractivity contribution in [3.63, 3.8) is 0 Å². The summed E-state index contributed by atoms with van der Waals surface area (Å²) < 4.78 is 26.2. The molecule has 4 nitrogen and oxygen atoms in total. The van der Waals surface area contributed by atoms with Gasteiger partial charge in [0.25, 0.3) is 0 Å². The minimum absolute atomic E-state index is 0.0761. The van der Waals surface area contributed by atoms with Gasteiger partial charge in [-0.2, -0.15) is 0 Å². The normalized spacial score (nSPS) is 11.4. The molecule has 1 aromatic rings. The predicted molar refractivity (Wildman–Crippen MR) is 61.0 cm³/mol. The van der Waals surface area contributed by atoms with Gasteiger partial charge in [0.15, 0.2) is 0 Å². The second kappa shape index (κ2) is 5.03. The van der Waals surface area contributed by atoms with Crippen molar-refractivity contribution in [3.05, 3.63) is 33.0 Å². The number of quaternary nitrogens is 1. The SMILES string of the molecule is [NH3+]CCS(=O)(=O)[N-]c1ccc(Cl)c(Cl)c1. The fourth-order valence-corrected chi connectivity index (χ4v) is 2.11. The standard InChI is InChI=1S/C8H9Cl2N2O2S/c9-7-2-1-6(5-8(7)10)12-15(13,14)4-3-11/h1-2,5H,3-4,11H2/q-1/p+1. The van der Waals surface area contributed by atoms with Gasteiger partial charge in [0.05, 0.1) is 32.4 Å². The Hall–Kier alpha value is -0.490. The number of nitrogens with zero attached hydrogens (tertiary/aromatic N) is 1. The van der Waals surface area contributed by atoms with Gasteiger partial charge in [0.2, 0.25) is 0 Å². The molecule has 0 fully saturated rings. The van der Waals surface area contributed by atoms with Gasteiger partial charge in [-0.25, -0.2) is 8.42 Å². The fourth-order valence-electron chi connectivity index (χ4n) is 0.930. The van der Waals surface area contributed by atoms with Gasteiger partial charge < -0.3 is 10.5 Å². The summed E-state index contributed by atoms with van der Waals surface area (Å²) in [6, 6.07) is 4.40. The Kier molecular flexibility index (Phi) is 4.21. The summed E-state index contributed by atoms with van der Waals surface area (Å²) in [4.78, 5) is 0. The third kappa shape index (κ3) is 3.87. The zero-order chi connectivity index (χ0) is 11.5. The molecule has 0 amide bonds. The molecule has 1 aromatic carbocycles. The second-order valence-electron chi connectivity index (χ2n) is 2.83. The quantitative estimate of drug-likeness (QED) is 0.900. The smallest absolute Gasteiger partial charge is 0.0993 e. The molecule has 0 aliphatic rings. The van der Waals surface area contributed by atoms with Gasteiger partial charge in [0, 0.05) is 0 Å². The summed E-state index contributed by atoms with van der Waals surface area (Å²) in [7, 11) is -3.45. The summed E-state index contributed by atoms with van der Waals surface area (Å²) in [5, 5.41) is 0.646. The maximum absolute atomic E-state index is 11.3. The van der Waals surface area contributed by atoms with Gasteiger partial charge in [-0.3, -0.25) is 0 Å². The van der Waals surface area contributed by atoms with Crippen LogP contribution in [0.15, 0.2) is 18.2 Å². The number of benzene rings is 1. The van der Waals surface area contributed by atoms with E-state index in [0.717, 1.165) is 0 Å². The summed E-state index contributed by atoms with van der Waals surface area (Å²) in [5.74, 6) is -0.0761. The number of sulfonamides is 1. The van der Waals surface area contributed by atoms with Crippen molar-refractivity contribution < 1.29 is 14.2 Å². The van der Waals surface area contributed by atoms with E-state index in [1.807, 2.05) is 0 Å². The molecule has 0 aliphatic heterocycles. The van der Waals surface area contributed by atoms with Crippen molar-refractivity contribution in [2.45, 2.75) is 0 Å². The summed E-state index contributed by atoms with van der Waals surface area (Å²) >= 11 is 11.4. The van der Waals surface area contributed by atoms with E-state index in [1.54, 1.807) is 0 Å². The topological polar surface area (TPSA) is 75.9 Å². The van der Waals surface area contributed by atoms with Crippen LogP contribution in [-0.4, -0.2) is 20.7 Å². The lowest BCUT2D eigenvalue weighted by molar-refractivity contribution is -0.360. The van der Waals surface area contributed by atoms with Crippen LogP contribution in [0.25, 0.3) is 4.72 Å². The average Bonchev–Trinajstić information content (AvgIpc) is 2.10. The van der Waals surface area contributed by atoms with Crippen LogP contribution in [0.3, 0.4) is 0 Å². The molecule has 0 aliphatic carbocycles. The summed E-state index contributed by atoms with van der Waals surface area (Å²) in [6.45, 7) is 0.285. The molecule has 0 atom stereocenters. The minimum Gasteiger partial charge on any atom is -0.577 e. The van der Waals surface area contributed by atoms with Crippen LogP contribution in [0.5, 0.6) is 0 Å². The van der Waals surface area contributed by atoms with Crippen molar-refractivity contribution in [3.8, 4) is 0 Å². The molecule has 0 saturated carbocycles. The van der Waals surface area contributed by atoms with Gasteiger partial charge in [-0.1, -0.05) is 35.3 Å². The van der Waals surface area contributed by atoms with Crippen LogP contribution >= 0.6 is 23.2 Å². The van der Waals surface area contributed by atoms with Crippen LogP contribution in [0, 0.1) is 0 Å². The van der Waals surface area contributed by atoms with Gasteiger partial charge in [-0.05, 0) is 6.07 Å². The number of hydrogen-bond donors (Lipinski definition) is 1. The first-order chi connectivity index (χ1) is 6.94. The van der Waals surface area contributed by atoms with Crippen LogP contribution in [-0.2, 0) is 10.0 Å². The van der Waals surface area contributed by atoms with Crippen LogP contribution in [0.2, 0.25) is 10.0 Å². The van der Waals surface area contributed by atoms with E-state index in [9.17, 15) is 8.42 Å². The fraction of sp³-hybridized carbons (Fsp3) is 0.250. The maximum atomic E-state index is 11.3. The molecular formula is C8H10Cl2N2O2S. The van der Waals surface area contributed by atoms with Gasteiger partial charge >= 0.3 is 0 Å². The second-order valence-corrected chi connectivity index (χ2v) is 5.40. The lowest BCUT2D eigenvalue weighted by Crippen LogP contribution is -2.52. The van der Waals surface area contributed by atoms with Gasteiger partial charge in [-0.15, -0.1) is 5.69 Å². The highest BCUT2D eigenvalue weighted by Crippen LogP contribution is 2.30. The third-order valence-corrected chi connectivity index (χ3v) is 3.58. The van der Waals surface area contributed by atoms with Crippen LogP contribution < -0.4 is 5.73 Å². The molecule has 7 heteroatoms. The highest BCUT2D eigenvalue weighted by molar-refractivity contribution is 7.94. The zero-order valence-corrected chi connectivity index (χ0v) is 10.1. The Balaban J connectivity index is 2.86. The van der Waals surface area contributed by atoms with E-state index in [2.05, 4.69) is 10.5 Å². The molecule has 0 unspecified atom stereocenters. The lowest BCUT2D eigenvalue weighted by Gasteiger charge is -2.20. The summed E-state index contributed by atoms with van der Waals surface area (Å²) in [6.07, 6.45) is 0. The first-order valence-corrected chi connectivity index (χ1v) is 6.51. The van der Waals surface area contributed by atoms with Crippen molar-refractivity contribution in [2.24, 2.45) is 0 Å². The molecule has 3 N–H and O–H groups in total. The average molecular weight is 269 g/mol. The highest BCUT2D eigenvalue weighted by Gasteiger charge is 2.00.